The van der Waals surface area contributed by atoms with E-state index in [4.69, 9.17) is 9.16 Å². The molecule has 1 aliphatic rings. The summed E-state index contributed by atoms with van der Waals surface area (Å²) in [5.41, 5.74) is 1.04. The van der Waals surface area contributed by atoms with Gasteiger partial charge in [-0.3, -0.25) is 9.59 Å². The first-order valence-electron chi connectivity index (χ1n) is 11.6. The van der Waals surface area contributed by atoms with Crippen LogP contribution in [0.2, 0.25) is 18.1 Å². The van der Waals surface area contributed by atoms with E-state index in [1.54, 1.807) is 6.08 Å². The van der Waals surface area contributed by atoms with Crippen molar-refractivity contribution in [2.75, 3.05) is 6.61 Å². The van der Waals surface area contributed by atoms with Crippen LogP contribution in [0.1, 0.15) is 47.1 Å². The molecule has 0 unspecified atom stereocenters. The van der Waals surface area contributed by atoms with Gasteiger partial charge >= 0.3 is 6.09 Å². The Morgan fingerprint density at radius 1 is 1.21 bits per heavy atom. The van der Waals surface area contributed by atoms with Gasteiger partial charge in [0.25, 0.3) is 0 Å². The predicted octanol–water partition coefficient (Wildman–Crippen LogP) is 5.38. The molecule has 0 bridgehead atoms. The van der Waals surface area contributed by atoms with Crippen molar-refractivity contribution in [3.63, 3.8) is 0 Å². The monoisotopic (exact) mass is 473 g/mol. The van der Waals surface area contributed by atoms with E-state index in [9.17, 15) is 14.4 Å². The Kier molecular flexibility index (Phi) is 8.82. The van der Waals surface area contributed by atoms with Crippen molar-refractivity contribution < 1.29 is 23.5 Å². The SMILES string of the molecule is CC(=O)/C=C/[C@H](C)[C@@H](O[Si](C)(C)C(C)(C)C)[C@H](C)C(=O)N1C(=O)OC[C@@H]1Cc1ccccc1. The van der Waals surface area contributed by atoms with Crippen LogP contribution in [0.25, 0.3) is 0 Å². The molecular formula is C26H39NO5Si. The molecule has 2 amide bonds. The Morgan fingerprint density at radius 2 is 1.82 bits per heavy atom. The average Bonchev–Trinajstić information content (AvgIpc) is 3.09. The fraction of sp³-hybridized carbons (Fsp3) is 0.577. The molecule has 33 heavy (non-hydrogen) atoms. The van der Waals surface area contributed by atoms with Crippen LogP contribution in [0.4, 0.5) is 4.79 Å². The molecule has 0 saturated carbocycles. The van der Waals surface area contributed by atoms with Crippen molar-refractivity contribution in [3.8, 4) is 0 Å². The zero-order valence-electron chi connectivity index (χ0n) is 21.3. The summed E-state index contributed by atoms with van der Waals surface area (Å²) >= 11 is 0. The van der Waals surface area contributed by atoms with Crippen LogP contribution in [0.3, 0.4) is 0 Å². The molecule has 1 fully saturated rings. The summed E-state index contributed by atoms with van der Waals surface area (Å²) in [6.07, 6.45) is 2.78. The zero-order chi connectivity index (χ0) is 25.0. The van der Waals surface area contributed by atoms with Gasteiger partial charge in [-0.15, -0.1) is 0 Å². The Morgan fingerprint density at radius 3 is 2.36 bits per heavy atom. The lowest BCUT2D eigenvalue weighted by Crippen LogP contribution is -2.52. The lowest BCUT2D eigenvalue weighted by Gasteiger charge is -2.42. The van der Waals surface area contributed by atoms with Crippen molar-refractivity contribution >= 4 is 26.1 Å². The first-order chi connectivity index (χ1) is 15.2. The standard InChI is InChI=1S/C26H39NO5Si/c1-18(14-15-19(2)28)23(32-33(7,8)26(4,5)6)20(3)24(29)27-22(17-31-25(27)30)16-21-12-10-9-11-13-21/h9-15,18,20,22-23H,16-17H2,1-8H3/b15-14+/t18-,20-,22-,23+/m0/s1. The van der Waals surface area contributed by atoms with Gasteiger partial charge in [0.2, 0.25) is 5.91 Å². The molecule has 6 nitrogen and oxygen atoms in total. The van der Waals surface area contributed by atoms with E-state index in [1.807, 2.05) is 44.2 Å². The van der Waals surface area contributed by atoms with Gasteiger partial charge in [0.1, 0.15) is 6.61 Å². The fourth-order valence-corrected chi connectivity index (χ4v) is 5.16. The molecule has 1 aromatic carbocycles. The largest absolute Gasteiger partial charge is 0.447 e. The summed E-state index contributed by atoms with van der Waals surface area (Å²) in [5, 5.41) is -0.0551. The molecule has 0 spiro atoms. The van der Waals surface area contributed by atoms with E-state index >= 15 is 0 Å². The number of hydrogen-bond donors (Lipinski definition) is 0. The minimum atomic E-state index is -2.24. The highest BCUT2D eigenvalue weighted by Crippen LogP contribution is 2.39. The Labute approximate surface area is 199 Å². The average molecular weight is 474 g/mol. The molecule has 7 heteroatoms. The molecule has 2 rings (SSSR count). The number of imide groups is 1. The number of carbonyl (C=O) groups is 3. The van der Waals surface area contributed by atoms with Gasteiger partial charge in [0, 0.05) is 5.92 Å². The molecule has 0 aromatic heterocycles. The molecule has 1 aromatic rings. The highest BCUT2D eigenvalue weighted by atomic mass is 28.4. The fourth-order valence-electron chi connectivity index (χ4n) is 3.71. The van der Waals surface area contributed by atoms with Gasteiger partial charge in [0.05, 0.1) is 18.1 Å². The third-order valence-electron chi connectivity index (χ3n) is 6.78. The number of rotatable bonds is 9. The van der Waals surface area contributed by atoms with Gasteiger partial charge in [0.15, 0.2) is 14.1 Å². The van der Waals surface area contributed by atoms with E-state index in [0.29, 0.717) is 6.42 Å². The summed E-state index contributed by atoms with van der Waals surface area (Å²) < 4.78 is 12.0. The molecule has 4 atom stereocenters. The number of cyclic esters (lactones) is 1. The molecule has 1 aliphatic heterocycles. The number of nitrogens with zero attached hydrogens (tertiary/aromatic N) is 1. The lowest BCUT2D eigenvalue weighted by atomic mass is 9.91. The van der Waals surface area contributed by atoms with Gasteiger partial charge in [-0.1, -0.05) is 71.0 Å². The smallest absolute Gasteiger partial charge is 0.416 e. The van der Waals surface area contributed by atoms with Crippen LogP contribution in [0.5, 0.6) is 0 Å². The quantitative estimate of drug-likeness (QED) is 0.355. The van der Waals surface area contributed by atoms with Gasteiger partial charge in [-0.25, -0.2) is 9.69 Å². The van der Waals surface area contributed by atoms with Gasteiger partial charge in [-0.05, 0) is 43.1 Å². The Bertz CT molecular complexity index is 874. The van der Waals surface area contributed by atoms with Crippen LogP contribution in [-0.2, 0) is 25.2 Å². The normalized spacial score (nSPS) is 19.9. The molecule has 1 heterocycles. The van der Waals surface area contributed by atoms with Gasteiger partial charge < -0.3 is 9.16 Å². The summed E-state index contributed by atoms with van der Waals surface area (Å²) in [4.78, 5) is 39.0. The van der Waals surface area contributed by atoms with Crippen molar-refractivity contribution in [3.05, 3.63) is 48.0 Å². The van der Waals surface area contributed by atoms with E-state index in [-0.39, 0.29) is 35.3 Å². The molecular weight excluding hydrogens is 434 g/mol. The van der Waals surface area contributed by atoms with Crippen LogP contribution >= 0.6 is 0 Å². The second kappa shape index (κ2) is 10.8. The highest BCUT2D eigenvalue weighted by Gasteiger charge is 2.46. The highest BCUT2D eigenvalue weighted by molar-refractivity contribution is 6.74. The van der Waals surface area contributed by atoms with Crippen molar-refractivity contribution in [2.24, 2.45) is 11.8 Å². The first kappa shape index (κ1) is 27.0. The Balaban J connectivity index is 2.32. The van der Waals surface area contributed by atoms with Gasteiger partial charge in [-0.2, -0.15) is 0 Å². The number of hydrogen-bond acceptors (Lipinski definition) is 5. The van der Waals surface area contributed by atoms with Crippen LogP contribution in [0, 0.1) is 11.8 Å². The maximum Gasteiger partial charge on any atom is 0.416 e. The van der Waals surface area contributed by atoms with Crippen LogP contribution in [-0.4, -0.2) is 49.8 Å². The number of allylic oxidation sites excluding steroid dienone is 1. The maximum atomic E-state index is 13.6. The topological polar surface area (TPSA) is 72.9 Å². The molecule has 1 saturated heterocycles. The molecule has 0 aliphatic carbocycles. The van der Waals surface area contributed by atoms with E-state index in [2.05, 4.69) is 33.9 Å². The van der Waals surface area contributed by atoms with Crippen LogP contribution in [0.15, 0.2) is 42.5 Å². The zero-order valence-corrected chi connectivity index (χ0v) is 22.3. The van der Waals surface area contributed by atoms with E-state index in [1.165, 1.54) is 17.9 Å². The third kappa shape index (κ3) is 6.87. The molecule has 0 N–H and O–H groups in total. The predicted molar refractivity (Wildman–Crippen MR) is 132 cm³/mol. The summed E-state index contributed by atoms with van der Waals surface area (Å²) in [7, 11) is -2.24. The molecule has 0 radical (unpaired) electrons. The third-order valence-corrected chi connectivity index (χ3v) is 11.3. The summed E-state index contributed by atoms with van der Waals surface area (Å²) in [6.45, 7) is 16.2. The van der Waals surface area contributed by atoms with E-state index in [0.717, 1.165) is 5.56 Å². The minimum absolute atomic E-state index is 0.0551. The Hall–Kier alpha value is -2.25. The maximum absolute atomic E-state index is 13.6. The number of ether oxygens (including phenoxy) is 1. The molecule has 182 valence electrons. The second-order valence-corrected chi connectivity index (χ2v) is 15.3. The van der Waals surface area contributed by atoms with E-state index < -0.39 is 26.4 Å². The van der Waals surface area contributed by atoms with Crippen molar-refractivity contribution in [1.29, 1.82) is 0 Å². The summed E-state index contributed by atoms with van der Waals surface area (Å²) in [6, 6.07) is 9.41. The number of amides is 2. The lowest BCUT2D eigenvalue weighted by molar-refractivity contribution is -0.136. The van der Waals surface area contributed by atoms with Crippen molar-refractivity contribution in [2.45, 2.75) is 78.2 Å². The number of ketones is 1. The van der Waals surface area contributed by atoms with Crippen LogP contribution < -0.4 is 0 Å². The number of carbonyl (C=O) groups excluding carboxylic acids is 3. The summed E-state index contributed by atoms with van der Waals surface area (Å²) in [5.74, 6) is -1.13. The second-order valence-electron chi connectivity index (χ2n) is 10.6. The first-order valence-corrected chi connectivity index (χ1v) is 14.6. The number of benzene rings is 1. The minimum Gasteiger partial charge on any atom is -0.447 e. The van der Waals surface area contributed by atoms with Crippen molar-refractivity contribution in [1.82, 2.24) is 4.90 Å².